The molecule has 0 aliphatic carbocycles. The van der Waals surface area contributed by atoms with E-state index in [1.54, 1.807) is 50.2 Å². The third-order valence-electron chi connectivity index (χ3n) is 3.27. The van der Waals surface area contributed by atoms with Crippen LogP contribution >= 0.6 is 7.60 Å². The van der Waals surface area contributed by atoms with E-state index in [9.17, 15) is 9.36 Å². The van der Waals surface area contributed by atoms with Crippen LogP contribution in [0.15, 0.2) is 59.2 Å². The van der Waals surface area contributed by atoms with Crippen molar-refractivity contribution in [3.63, 3.8) is 0 Å². The van der Waals surface area contributed by atoms with E-state index < -0.39 is 19.3 Å². The average molecular weight is 363 g/mol. The highest BCUT2D eigenvalue weighted by molar-refractivity contribution is 7.54. The summed E-state index contributed by atoms with van der Waals surface area (Å²) < 4.78 is 29.2. The summed E-state index contributed by atoms with van der Waals surface area (Å²) in [5.74, 6) is -0.781. The molecule has 0 aliphatic heterocycles. The van der Waals surface area contributed by atoms with Gasteiger partial charge in [0.25, 0.3) is 0 Å². The van der Waals surface area contributed by atoms with Gasteiger partial charge in [-0.05, 0) is 37.6 Å². The summed E-state index contributed by atoms with van der Waals surface area (Å²) in [6.07, 6.45) is 4.36. The Morgan fingerprint density at radius 1 is 1.16 bits per heavy atom. The number of hydrogen-bond donors (Lipinski definition) is 1. The fourth-order valence-corrected chi connectivity index (χ4v) is 4.17. The van der Waals surface area contributed by atoms with Gasteiger partial charge in [0, 0.05) is 6.08 Å². The molecule has 25 heavy (non-hydrogen) atoms. The summed E-state index contributed by atoms with van der Waals surface area (Å²) in [7, 11) is -3.58. The predicted molar refractivity (Wildman–Crippen MR) is 95.9 cm³/mol. The SMILES string of the molecule is CCOP(=O)(OCC)[C@H](NC(=O)/C=C/c1ccco1)c1ccccc1. The van der Waals surface area contributed by atoms with Crippen LogP contribution in [-0.4, -0.2) is 19.1 Å². The van der Waals surface area contributed by atoms with Gasteiger partial charge in [-0.1, -0.05) is 30.3 Å². The Balaban J connectivity index is 2.25. The van der Waals surface area contributed by atoms with Gasteiger partial charge in [-0.25, -0.2) is 0 Å². The van der Waals surface area contributed by atoms with Gasteiger partial charge in [0.2, 0.25) is 5.91 Å². The molecule has 2 aromatic rings. The van der Waals surface area contributed by atoms with Gasteiger partial charge < -0.3 is 18.8 Å². The van der Waals surface area contributed by atoms with E-state index in [1.165, 1.54) is 18.4 Å². The molecule has 0 saturated heterocycles. The van der Waals surface area contributed by atoms with Crippen molar-refractivity contribution in [1.29, 1.82) is 0 Å². The van der Waals surface area contributed by atoms with Crippen LogP contribution in [0.25, 0.3) is 6.08 Å². The van der Waals surface area contributed by atoms with E-state index in [0.717, 1.165) is 0 Å². The monoisotopic (exact) mass is 363 g/mol. The largest absolute Gasteiger partial charge is 0.465 e. The van der Waals surface area contributed by atoms with Gasteiger partial charge in [-0.3, -0.25) is 9.36 Å². The maximum Gasteiger partial charge on any atom is 0.357 e. The summed E-state index contributed by atoms with van der Waals surface area (Å²) in [6, 6.07) is 12.4. The quantitative estimate of drug-likeness (QED) is 0.529. The van der Waals surface area contributed by atoms with E-state index in [2.05, 4.69) is 5.32 Å². The van der Waals surface area contributed by atoms with Crippen molar-refractivity contribution >= 4 is 19.6 Å². The minimum atomic E-state index is -3.58. The number of rotatable bonds is 9. The van der Waals surface area contributed by atoms with Gasteiger partial charge in [-0.15, -0.1) is 0 Å². The summed E-state index contributed by atoms with van der Waals surface area (Å²) >= 11 is 0. The van der Waals surface area contributed by atoms with Crippen LogP contribution in [0.1, 0.15) is 31.0 Å². The zero-order chi connectivity index (χ0) is 18.1. The Morgan fingerprint density at radius 3 is 2.40 bits per heavy atom. The van der Waals surface area contributed by atoms with Crippen molar-refractivity contribution in [2.45, 2.75) is 19.6 Å². The molecule has 6 nitrogen and oxygen atoms in total. The van der Waals surface area contributed by atoms with E-state index in [1.807, 2.05) is 6.07 Å². The van der Waals surface area contributed by atoms with Crippen molar-refractivity contribution in [3.8, 4) is 0 Å². The molecule has 7 heteroatoms. The first-order chi connectivity index (χ1) is 12.1. The maximum absolute atomic E-state index is 13.2. The summed E-state index contributed by atoms with van der Waals surface area (Å²) in [4.78, 5) is 12.3. The average Bonchev–Trinajstić information content (AvgIpc) is 3.12. The molecule has 1 N–H and O–H groups in total. The van der Waals surface area contributed by atoms with E-state index in [-0.39, 0.29) is 13.2 Å². The third-order valence-corrected chi connectivity index (χ3v) is 5.57. The highest BCUT2D eigenvalue weighted by atomic mass is 31.2. The molecule has 0 radical (unpaired) electrons. The molecule has 1 amide bonds. The molecule has 0 spiro atoms. The standard InChI is InChI=1S/C18H22NO5P/c1-3-23-25(21,24-4-2)18(15-9-6-5-7-10-15)19-17(20)13-12-16-11-8-14-22-16/h5-14,18H,3-4H2,1-2H3,(H,19,20)/b13-12+/t18-/m0/s1. The Morgan fingerprint density at radius 2 is 1.84 bits per heavy atom. The predicted octanol–water partition coefficient (Wildman–Crippen LogP) is 4.37. The molecule has 0 aliphatic rings. The first-order valence-electron chi connectivity index (χ1n) is 8.05. The number of hydrogen-bond acceptors (Lipinski definition) is 5. The molecule has 0 unspecified atom stereocenters. The third kappa shape index (κ3) is 5.43. The fraction of sp³-hybridized carbons (Fsp3) is 0.278. The van der Waals surface area contributed by atoms with E-state index in [0.29, 0.717) is 11.3 Å². The minimum Gasteiger partial charge on any atom is -0.465 e. The Labute approximate surface area is 147 Å². The van der Waals surface area contributed by atoms with Crippen LogP contribution in [0.4, 0.5) is 0 Å². The number of amides is 1. The van der Waals surface area contributed by atoms with Gasteiger partial charge in [0.05, 0.1) is 19.5 Å². The number of carbonyl (C=O) groups excluding carboxylic acids is 1. The maximum atomic E-state index is 13.2. The van der Waals surface area contributed by atoms with Crippen molar-refractivity contribution in [2.75, 3.05) is 13.2 Å². The Bertz CT molecular complexity index is 717. The first-order valence-corrected chi connectivity index (χ1v) is 9.66. The lowest BCUT2D eigenvalue weighted by atomic mass is 10.2. The smallest absolute Gasteiger partial charge is 0.357 e. The highest BCUT2D eigenvalue weighted by Crippen LogP contribution is 2.59. The van der Waals surface area contributed by atoms with Crippen LogP contribution in [0.3, 0.4) is 0 Å². The van der Waals surface area contributed by atoms with Crippen LogP contribution in [0.2, 0.25) is 0 Å². The lowest BCUT2D eigenvalue weighted by molar-refractivity contribution is -0.116. The molecule has 0 bridgehead atoms. The van der Waals surface area contributed by atoms with Crippen molar-refractivity contribution in [3.05, 3.63) is 66.1 Å². The highest BCUT2D eigenvalue weighted by Gasteiger charge is 2.37. The van der Waals surface area contributed by atoms with Gasteiger partial charge >= 0.3 is 7.60 Å². The minimum absolute atomic E-state index is 0.207. The number of furan rings is 1. The van der Waals surface area contributed by atoms with Crippen LogP contribution in [-0.2, 0) is 18.4 Å². The van der Waals surface area contributed by atoms with Gasteiger partial charge in [0.15, 0.2) is 5.78 Å². The fourth-order valence-electron chi connectivity index (χ4n) is 2.25. The van der Waals surface area contributed by atoms with Gasteiger partial charge in [-0.2, -0.15) is 0 Å². The first kappa shape index (κ1) is 19.2. The number of nitrogens with one attached hydrogen (secondary N) is 1. The van der Waals surface area contributed by atoms with Crippen molar-refractivity contribution in [2.24, 2.45) is 0 Å². The summed E-state index contributed by atoms with van der Waals surface area (Å²) in [5.41, 5.74) is 0.646. The molecule has 0 fully saturated rings. The van der Waals surface area contributed by atoms with Gasteiger partial charge in [0.1, 0.15) is 5.76 Å². The zero-order valence-electron chi connectivity index (χ0n) is 14.3. The van der Waals surface area contributed by atoms with E-state index in [4.69, 9.17) is 13.5 Å². The summed E-state index contributed by atoms with van der Waals surface area (Å²) in [5, 5.41) is 2.73. The number of carbonyl (C=O) groups is 1. The second-order valence-electron chi connectivity index (χ2n) is 5.05. The molecule has 1 atom stereocenters. The zero-order valence-corrected chi connectivity index (χ0v) is 15.1. The second kappa shape index (κ2) is 9.37. The van der Waals surface area contributed by atoms with Crippen molar-refractivity contribution < 1.29 is 22.8 Å². The Kier molecular flexibility index (Phi) is 7.19. The summed E-state index contributed by atoms with van der Waals surface area (Å²) in [6.45, 7) is 3.87. The lowest BCUT2D eigenvalue weighted by Gasteiger charge is -2.27. The normalized spacial score (nSPS) is 13.0. The van der Waals surface area contributed by atoms with Crippen molar-refractivity contribution in [1.82, 2.24) is 5.32 Å². The van der Waals surface area contributed by atoms with Crippen LogP contribution < -0.4 is 5.32 Å². The molecule has 2 rings (SSSR count). The Hall–Kier alpha value is -2.14. The molecule has 134 valence electrons. The second-order valence-corrected chi connectivity index (χ2v) is 7.16. The van der Waals surface area contributed by atoms with Crippen LogP contribution in [0.5, 0.6) is 0 Å². The molecular formula is C18H22NO5P. The lowest BCUT2D eigenvalue weighted by Crippen LogP contribution is -2.28. The van der Waals surface area contributed by atoms with Crippen LogP contribution in [0, 0.1) is 0 Å². The van der Waals surface area contributed by atoms with E-state index >= 15 is 0 Å². The molecule has 0 saturated carbocycles. The molecule has 1 aromatic heterocycles. The number of benzene rings is 1. The molecular weight excluding hydrogens is 341 g/mol. The topological polar surface area (TPSA) is 77.8 Å². The molecule has 1 heterocycles. The molecule has 1 aromatic carbocycles.